The van der Waals surface area contributed by atoms with Crippen molar-refractivity contribution in [1.82, 2.24) is 0 Å². The van der Waals surface area contributed by atoms with Crippen LogP contribution in [-0.4, -0.2) is 16.5 Å². The summed E-state index contributed by atoms with van der Waals surface area (Å²) in [6.07, 6.45) is 2.35. The molecule has 0 amide bonds. The molecule has 0 saturated heterocycles. The molecule has 0 N–H and O–H groups in total. The van der Waals surface area contributed by atoms with Gasteiger partial charge in [0.15, 0.2) is 0 Å². The zero-order chi connectivity index (χ0) is 13.9. The molecule has 0 aliphatic heterocycles. The quantitative estimate of drug-likeness (QED) is 0.605. The summed E-state index contributed by atoms with van der Waals surface area (Å²) in [5, 5.41) is 0. The first kappa shape index (κ1) is 14.9. The van der Waals surface area contributed by atoms with Crippen LogP contribution in [0.5, 0.6) is 0 Å². The minimum atomic E-state index is 0.0101. The van der Waals surface area contributed by atoms with Crippen molar-refractivity contribution in [2.75, 3.05) is 0 Å². The summed E-state index contributed by atoms with van der Waals surface area (Å²) < 4.78 is 12.1. The van der Waals surface area contributed by atoms with Gasteiger partial charge in [0.05, 0.1) is 12.7 Å². The molecule has 0 spiro atoms. The lowest BCUT2D eigenvalue weighted by atomic mass is 9.79. The lowest BCUT2D eigenvalue weighted by Crippen LogP contribution is -2.48. The van der Waals surface area contributed by atoms with Crippen molar-refractivity contribution in [3.05, 3.63) is 35.9 Å². The van der Waals surface area contributed by atoms with Crippen molar-refractivity contribution in [2.24, 2.45) is 0 Å². The highest BCUT2D eigenvalue weighted by Gasteiger charge is 2.46. The van der Waals surface area contributed by atoms with Crippen LogP contribution in [0.3, 0.4) is 0 Å². The molecule has 0 bridgehead atoms. The van der Waals surface area contributed by atoms with Gasteiger partial charge in [-0.1, -0.05) is 30.3 Å². The van der Waals surface area contributed by atoms with Crippen molar-refractivity contribution >= 4 is 12.0 Å². The van der Waals surface area contributed by atoms with Crippen molar-refractivity contribution in [3.8, 4) is 0 Å². The number of ether oxygens (including phenoxy) is 1. The maximum absolute atomic E-state index is 6.00. The second kappa shape index (κ2) is 5.86. The standard InChI is InChI=1S/C16H24O2S/c1-15(2,3)19-18-16(4)10-14(11-16)17-12-13-8-6-5-7-9-13/h5-9,14H,10-12H2,1-4H3/p+1. The smallest absolute Gasteiger partial charge is 0.150 e. The Hall–Kier alpha value is -0.510. The molecule has 19 heavy (non-hydrogen) atoms. The molecule has 1 aromatic carbocycles. The lowest BCUT2D eigenvalue weighted by molar-refractivity contribution is -0.114. The molecule has 1 aliphatic rings. The second-order valence-electron chi connectivity index (χ2n) is 6.63. The van der Waals surface area contributed by atoms with Gasteiger partial charge in [-0.05, 0) is 33.3 Å². The lowest BCUT2D eigenvalue weighted by Gasteiger charge is -2.41. The van der Waals surface area contributed by atoms with E-state index in [1.165, 1.54) is 5.56 Å². The molecular weight excluding hydrogens is 256 g/mol. The fourth-order valence-corrected chi connectivity index (χ4v) is 2.77. The molecule has 2 nitrogen and oxygen atoms in total. The molecule has 1 saturated carbocycles. The summed E-state index contributed by atoms with van der Waals surface area (Å²) in [6.45, 7) is 9.48. The molecule has 1 aliphatic carbocycles. The van der Waals surface area contributed by atoms with E-state index in [0.29, 0.717) is 12.7 Å². The average molecular weight is 281 g/mol. The summed E-state index contributed by atoms with van der Waals surface area (Å²) >= 11 is 1.07. The maximum Gasteiger partial charge on any atom is 0.150 e. The molecule has 0 aromatic heterocycles. The fraction of sp³-hybridized carbons (Fsp3) is 0.625. The van der Waals surface area contributed by atoms with E-state index in [9.17, 15) is 0 Å². The van der Waals surface area contributed by atoms with Crippen LogP contribution in [0.1, 0.15) is 46.1 Å². The maximum atomic E-state index is 6.00. The van der Waals surface area contributed by atoms with Crippen LogP contribution in [0.4, 0.5) is 0 Å². The van der Waals surface area contributed by atoms with E-state index in [1.54, 1.807) is 0 Å². The van der Waals surface area contributed by atoms with Crippen molar-refractivity contribution < 1.29 is 8.92 Å². The van der Waals surface area contributed by atoms with Crippen LogP contribution in [-0.2, 0) is 27.6 Å². The Kier molecular flexibility index (Phi) is 4.59. The normalized spacial score (nSPS) is 27.1. The number of rotatable bonds is 5. The Labute approximate surface area is 121 Å². The van der Waals surface area contributed by atoms with Crippen molar-refractivity contribution in [1.29, 1.82) is 0 Å². The number of thiol groups is 1. The Morgan fingerprint density at radius 3 is 2.42 bits per heavy atom. The summed E-state index contributed by atoms with van der Waals surface area (Å²) in [7, 11) is 0. The Balaban J connectivity index is 1.68. The molecule has 3 heteroatoms. The zero-order valence-corrected chi connectivity index (χ0v) is 13.2. The minimum absolute atomic E-state index is 0.0101. The first-order valence-corrected chi connectivity index (χ1v) is 7.73. The molecular formula is C16H25O2S+. The van der Waals surface area contributed by atoms with E-state index in [-0.39, 0.29) is 10.3 Å². The molecule has 0 heterocycles. The van der Waals surface area contributed by atoms with Gasteiger partial charge in [-0.3, -0.25) is 0 Å². The highest BCUT2D eigenvalue weighted by atomic mass is 32.2. The van der Waals surface area contributed by atoms with E-state index in [4.69, 9.17) is 8.92 Å². The molecule has 0 radical (unpaired) electrons. The van der Waals surface area contributed by atoms with Crippen LogP contribution >= 0.6 is 0 Å². The fourth-order valence-electron chi connectivity index (χ4n) is 2.13. The summed E-state index contributed by atoms with van der Waals surface area (Å²) in [4.78, 5) is 0. The van der Waals surface area contributed by atoms with Crippen molar-refractivity contribution in [2.45, 2.75) is 63.6 Å². The van der Waals surface area contributed by atoms with Crippen molar-refractivity contribution in [3.63, 3.8) is 0 Å². The van der Waals surface area contributed by atoms with Gasteiger partial charge in [0, 0.05) is 12.8 Å². The monoisotopic (exact) mass is 281 g/mol. The summed E-state index contributed by atoms with van der Waals surface area (Å²) in [6, 6.07) is 10.3. The number of hydrogen-bond donors (Lipinski definition) is 0. The third-order valence-corrected chi connectivity index (χ3v) is 4.27. The molecule has 0 unspecified atom stereocenters. The van der Waals surface area contributed by atoms with E-state index in [1.807, 2.05) is 6.07 Å². The third-order valence-electron chi connectivity index (χ3n) is 3.19. The van der Waals surface area contributed by atoms with E-state index < -0.39 is 0 Å². The molecule has 0 atom stereocenters. The van der Waals surface area contributed by atoms with Gasteiger partial charge in [0.25, 0.3) is 0 Å². The van der Waals surface area contributed by atoms with Gasteiger partial charge in [0.1, 0.15) is 22.4 Å². The second-order valence-corrected chi connectivity index (χ2v) is 8.34. The number of hydrogen-bond acceptors (Lipinski definition) is 2. The predicted octanol–water partition coefficient (Wildman–Crippen LogP) is 3.67. The Morgan fingerprint density at radius 1 is 1.21 bits per heavy atom. The minimum Gasteiger partial charge on any atom is -0.373 e. The van der Waals surface area contributed by atoms with Gasteiger partial charge in [0.2, 0.25) is 0 Å². The van der Waals surface area contributed by atoms with Crippen LogP contribution < -0.4 is 0 Å². The van der Waals surface area contributed by atoms with E-state index in [0.717, 1.165) is 24.9 Å². The molecule has 1 fully saturated rings. The van der Waals surface area contributed by atoms with Gasteiger partial charge in [-0.15, -0.1) is 0 Å². The number of benzene rings is 1. The molecule has 1 aromatic rings. The predicted molar refractivity (Wildman–Crippen MR) is 82.3 cm³/mol. The molecule has 106 valence electrons. The van der Waals surface area contributed by atoms with Gasteiger partial charge >= 0.3 is 0 Å². The molecule has 2 rings (SSSR count). The van der Waals surface area contributed by atoms with E-state index >= 15 is 0 Å². The van der Waals surface area contributed by atoms with Gasteiger partial charge < -0.3 is 4.74 Å². The van der Waals surface area contributed by atoms with E-state index in [2.05, 4.69) is 52.0 Å². The van der Waals surface area contributed by atoms with Crippen LogP contribution in [0.2, 0.25) is 0 Å². The highest BCUT2D eigenvalue weighted by Crippen LogP contribution is 2.39. The van der Waals surface area contributed by atoms with Crippen LogP contribution in [0.15, 0.2) is 30.3 Å². The highest BCUT2D eigenvalue weighted by molar-refractivity contribution is 7.75. The average Bonchev–Trinajstić information content (AvgIpc) is 2.31. The zero-order valence-electron chi connectivity index (χ0n) is 12.3. The third kappa shape index (κ3) is 4.83. The SMILES string of the molecule is CC1(O[SH+]C(C)(C)C)CC(OCc2ccccc2)C1. The van der Waals surface area contributed by atoms with Gasteiger partial charge in [-0.2, -0.15) is 4.18 Å². The summed E-state index contributed by atoms with van der Waals surface area (Å²) in [5.41, 5.74) is 1.25. The van der Waals surface area contributed by atoms with Gasteiger partial charge in [-0.25, -0.2) is 0 Å². The Bertz CT molecular complexity index is 391. The van der Waals surface area contributed by atoms with Crippen LogP contribution in [0, 0.1) is 0 Å². The first-order chi connectivity index (χ1) is 8.86. The van der Waals surface area contributed by atoms with Crippen LogP contribution in [0.25, 0.3) is 0 Å². The topological polar surface area (TPSA) is 18.5 Å². The Morgan fingerprint density at radius 2 is 1.84 bits per heavy atom. The summed E-state index contributed by atoms with van der Waals surface area (Å²) in [5.74, 6) is 0. The largest absolute Gasteiger partial charge is 0.373 e. The first-order valence-electron chi connectivity index (χ1n) is 6.92.